The van der Waals surface area contributed by atoms with Gasteiger partial charge in [-0.05, 0) is 31.2 Å². The summed E-state index contributed by atoms with van der Waals surface area (Å²) in [7, 11) is 0. The van der Waals surface area contributed by atoms with Crippen LogP contribution < -0.4 is 21.7 Å². The highest BCUT2D eigenvalue weighted by Crippen LogP contribution is 2.24. The lowest BCUT2D eigenvalue weighted by atomic mass is 10.0. The molecule has 2 atom stereocenters. The molecule has 0 spiro atoms. The van der Waals surface area contributed by atoms with Crippen LogP contribution in [-0.4, -0.2) is 51.4 Å². The molecule has 8 N–H and O–H groups in total. The topological polar surface area (TPSA) is 199 Å². The van der Waals surface area contributed by atoms with Crippen molar-refractivity contribution >= 4 is 34.6 Å². The van der Waals surface area contributed by atoms with E-state index >= 15 is 0 Å². The first-order valence-corrected chi connectivity index (χ1v) is 11.6. The molecule has 0 saturated carbocycles. The molecule has 1 aromatic carbocycles. The maximum atomic E-state index is 13.0. The Morgan fingerprint density at radius 1 is 1.19 bits per heavy atom. The van der Waals surface area contributed by atoms with E-state index in [0.717, 1.165) is 17.2 Å². The second-order valence-electron chi connectivity index (χ2n) is 8.82. The zero-order valence-corrected chi connectivity index (χ0v) is 20.1. The minimum atomic E-state index is -1.20. The number of aromatic nitrogens is 2. The van der Waals surface area contributed by atoms with Gasteiger partial charge < -0.3 is 36.2 Å². The Bertz CT molecular complexity index is 1230. The normalized spacial score (nSPS) is 12.8. The van der Waals surface area contributed by atoms with E-state index < -0.39 is 24.0 Å². The number of H-pyrrole nitrogens is 1. The van der Waals surface area contributed by atoms with Gasteiger partial charge >= 0.3 is 5.97 Å². The van der Waals surface area contributed by atoms with Gasteiger partial charge in [-0.15, -0.1) is 0 Å². The molecule has 2 heterocycles. The third kappa shape index (κ3) is 6.84. The van der Waals surface area contributed by atoms with Gasteiger partial charge in [0.1, 0.15) is 18.3 Å². The predicted octanol–water partition coefficient (Wildman–Crippen LogP) is 2.12. The summed E-state index contributed by atoms with van der Waals surface area (Å²) in [5, 5.41) is 25.3. The number of carbonyl (C=O) groups excluding carboxylic acids is 2. The number of oxazole rings is 1. The summed E-state index contributed by atoms with van der Waals surface area (Å²) >= 11 is 0. The van der Waals surface area contributed by atoms with Crippen molar-refractivity contribution in [2.45, 2.75) is 45.2 Å². The van der Waals surface area contributed by atoms with Gasteiger partial charge in [-0.3, -0.25) is 15.0 Å². The Hall–Kier alpha value is -4.35. The van der Waals surface area contributed by atoms with Crippen LogP contribution in [0.3, 0.4) is 0 Å². The van der Waals surface area contributed by atoms with Crippen molar-refractivity contribution in [2.75, 3.05) is 6.54 Å². The second-order valence-corrected chi connectivity index (χ2v) is 8.82. The van der Waals surface area contributed by atoms with Crippen molar-refractivity contribution in [3.8, 4) is 0 Å². The molecular formula is C24H31N7O5. The van der Waals surface area contributed by atoms with Crippen LogP contribution in [0.5, 0.6) is 0 Å². The molecule has 192 valence electrons. The van der Waals surface area contributed by atoms with E-state index in [-0.39, 0.29) is 35.8 Å². The first kappa shape index (κ1) is 26.3. The van der Waals surface area contributed by atoms with Crippen LogP contribution in [0, 0.1) is 11.3 Å². The zero-order valence-electron chi connectivity index (χ0n) is 20.1. The van der Waals surface area contributed by atoms with Gasteiger partial charge in [-0.2, -0.15) is 0 Å². The summed E-state index contributed by atoms with van der Waals surface area (Å²) in [6, 6.07) is 5.70. The molecule has 0 aliphatic carbocycles. The number of nitrogens with one attached hydrogen (secondary N) is 5. The number of fused-ring (bicyclic) bond motifs is 1. The maximum Gasteiger partial charge on any atom is 0.326 e. The molecule has 3 aromatic rings. The van der Waals surface area contributed by atoms with Gasteiger partial charge in [0.25, 0.3) is 11.8 Å². The summed E-state index contributed by atoms with van der Waals surface area (Å²) < 4.78 is 5.53. The maximum absolute atomic E-state index is 13.0. The Labute approximate surface area is 207 Å². The fraction of sp³-hybridized carbons (Fsp3) is 0.375. The number of rotatable bonds is 12. The Morgan fingerprint density at radius 3 is 2.64 bits per heavy atom. The number of carboxylic acids is 1. The molecular weight excluding hydrogens is 466 g/mol. The molecule has 36 heavy (non-hydrogen) atoms. The van der Waals surface area contributed by atoms with Crippen LogP contribution in [-0.2, 0) is 4.79 Å². The zero-order chi connectivity index (χ0) is 26.2. The molecule has 0 radical (unpaired) electrons. The standard InChI is InChI=1S/C24H31N7O5/c1-13(2)10-18(30-20(32)15-11-28-16-7-4-3-6-14(15)16)22-31-19(12-36-22)21(33)29-17(23(34)35)8-5-9-27-24(25)26/h3-4,6-7,11-13,17-18,28H,5,8-10H2,1-2H3,(H,29,33)(H,30,32)(H,34,35)(H4,25,26,27)/t17-,18?/m0/s1. The lowest BCUT2D eigenvalue weighted by Crippen LogP contribution is -2.41. The number of nitrogens with two attached hydrogens (primary N) is 1. The van der Waals surface area contributed by atoms with Crippen molar-refractivity contribution in [3.63, 3.8) is 0 Å². The Morgan fingerprint density at radius 2 is 1.94 bits per heavy atom. The monoisotopic (exact) mass is 497 g/mol. The number of benzene rings is 1. The van der Waals surface area contributed by atoms with E-state index in [1.165, 1.54) is 0 Å². The van der Waals surface area contributed by atoms with E-state index in [9.17, 15) is 19.5 Å². The van der Waals surface area contributed by atoms with Crippen LogP contribution in [0.2, 0.25) is 0 Å². The number of guanidine groups is 1. The first-order valence-electron chi connectivity index (χ1n) is 11.6. The fourth-order valence-electron chi connectivity index (χ4n) is 3.76. The van der Waals surface area contributed by atoms with Gasteiger partial charge in [0.05, 0.1) is 5.56 Å². The third-order valence-corrected chi connectivity index (χ3v) is 5.49. The van der Waals surface area contributed by atoms with Crippen LogP contribution in [0.25, 0.3) is 10.9 Å². The van der Waals surface area contributed by atoms with E-state index in [1.807, 2.05) is 38.1 Å². The van der Waals surface area contributed by atoms with E-state index in [0.29, 0.717) is 24.9 Å². The lowest BCUT2D eigenvalue weighted by molar-refractivity contribution is -0.139. The molecule has 0 fully saturated rings. The van der Waals surface area contributed by atoms with Crippen LogP contribution in [0.4, 0.5) is 0 Å². The minimum Gasteiger partial charge on any atom is -0.480 e. The molecule has 2 amide bonds. The molecule has 0 saturated heterocycles. The second kappa shape index (κ2) is 11.9. The number of amides is 2. The molecule has 0 aliphatic rings. The number of hydrogen-bond donors (Lipinski definition) is 7. The Kier molecular flexibility index (Phi) is 8.66. The third-order valence-electron chi connectivity index (χ3n) is 5.49. The number of carboxylic acid groups (broad SMARTS) is 1. The van der Waals surface area contributed by atoms with E-state index in [1.54, 1.807) is 6.20 Å². The SMILES string of the molecule is CC(C)CC(NC(=O)c1c[nH]c2ccccc12)c1nc(C(=O)N[C@@H](CCCNC(=N)N)C(=O)O)co1. The van der Waals surface area contributed by atoms with Gasteiger partial charge in [-0.1, -0.05) is 32.0 Å². The molecule has 12 heteroatoms. The quantitative estimate of drug-likeness (QED) is 0.112. The minimum absolute atomic E-state index is 0.0896. The van der Waals surface area contributed by atoms with Crippen LogP contribution >= 0.6 is 0 Å². The highest BCUT2D eigenvalue weighted by Gasteiger charge is 2.26. The molecule has 2 aromatic heterocycles. The van der Waals surface area contributed by atoms with Crippen molar-refractivity contribution < 1.29 is 23.9 Å². The average molecular weight is 498 g/mol. The fourth-order valence-corrected chi connectivity index (χ4v) is 3.76. The van der Waals surface area contributed by atoms with Crippen molar-refractivity contribution in [1.82, 2.24) is 25.9 Å². The number of carbonyl (C=O) groups is 3. The molecule has 0 bridgehead atoms. The molecule has 12 nitrogen and oxygen atoms in total. The van der Waals surface area contributed by atoms with Gasteiger partial charge in [0.2, 0.25) is 5.89 Å². The lowest BCUT2D eigenvalue weighted by Gasteiger charge is -2.17. The van der Waals surface area contributed by atoms with E-state index in [4.69, 9.17) is 15.6 Å². The number of aliphatic carboxylic acids is 1. The van der Waals surface area contributed by atoms with Gasteiger partial charge in [-0.25, -0.2) is 9.78 Å². The van der Waals surface area contributed by atoms with Crippen molar-refractivity contribution in [1.29, 1.82) is 5.41 Å². The molecule has 3 rings (SSSR count). The largest absolute Gasteiger partial charge is 0.480 e. The summed E-state index contributed by atoms with van der Waals surface area (Å²) in [5.74, 6) is -2.09. The van der Waals surface area contributed by atoms with Gasteiger partial charge in [0, 0.05) is 23.6 Å². The number of para-hydroxylation sites is 1. The van der Waals surface area contributed by atoms with Gasteiger partial charge in [0.15, 0.2) is 11.7 Å². The van der Waals surface area contributed by atoms with Crippen LogP contribution in [0.1, 0.15) is 65.9 Å². The number of aromatic amines is 1. The molecule has 0 aliphatic heterocycles. The highest BCUT2D eigenvalue weighted by molar-refractivity contribution is 6.06. The number of nitrogens with zero attached hydrogens (tertiary/aromatic N) is 1. The number of hydrogen-bond acceptors (Lipinski definition) is 6. The van der Waals surface area contributed by atoms with Crippen molar-refractivity contribution in [3.05, 3.63) is 53.9 Å². The Balaban J connectivity index is 1.69. The average Bonchev–Trinajstić information content (AvgIpc) is 3.47. The predicted molar refractivity (Wildman–Crippen MR) is 133 cm³/mol. The van der Waals surface area contributed by atoms with Crippen molar-refractivity contribution in [2.24, 2.45) is 11.7 Å². The highest BCUT2D eigenvalue weighted by atomic mass is 16.4. The first-order chi connectivity index (χ1) is 17.2. The van der Waals surface area contributed by atoms with E-state index in [2.05, 4.69) is 25.9 Å². The summed E-state index contributed by atoms with van der Waals surface area (Å²) in [6.07, 6.45) is 3.79. The van der Waals surface area contributed by atoms with Crippen LogP contribution in [0.15, 0.2) is 41.1 Å². The summed E-state index contributed by atoms with van der Waals surface area (Å²) in [5.41, 5.74) is 6.43. The summed E-state index contributed by atoms with van der Waals surface area (Å²) in [6.45, 7) is 4.27. The smallest absolute Gasteiger partial charge is 0.326 e. The molecule has 1 unspecified atom stereocenters. The summed E-state index contributed by atoms with van der Waals surface area (Å²) in [4.78, 5) is 44.6.